The van der Waals surface area contributed by atoms with Gasteiger partial charge in [0.05, 0.1) is 15.1 Å². The topological polar surface area (TPSA) is 79.4 Å². The lowest BCUT2D eigenvalue weighted by atomic mass is 10.3. The van der Waals surface area contributed by atoms with Gasteiger partial charge in [-0.15, -0.1) is 0 Å². The maximum atomic E-state index is 13.2. The summed E-state index contributed by atoms with van der Waals surface area (Å²) >= 11 is 1.25. The fourth-order valence-electron chi connectivity index (χ4n) is 2.53. The number of hydrogen-bond acceptors (Lipinski definition) is 5. The Balaban J connectivity index is 1.97. The molecule has 27 heavy (non-hydrogen) atoms. The quantitative estimate of drug-likeness (QED) is 0.585. The van der Waals surface area contributed by atoms with Crippen LogP contribution in [0.1, 0.15) is 19.8 Å². The van der Waals surface area contributed by atoms with Gasteiger partial charge in [-0.3, -0.25) is 4.79 Å². The average Bonchev–Trinajstić information content (AvgIpc) is 3.10. The average molecular weight is 404 g/mol. The van der Waals surface area contributed by atoms with Crippen LogP contribution < -0.4 is 9.62 Å². The first-order valence-electron chi connectivity index (χ1n) is 8.72. The van der Waals surface area contributed by atoms with Crippen molar-refractivity contribution in [2.75, 3.05) is 17.4 Å². The molecule has 3 aromatic rings. The molecule has 142 valence electrons. The van der Waals surface area contributed by atoms with E-state index in [4.69, 9.17) is 0 Å². The molecule has 0 spiro atoms. The maximum absolute atomic E-state index is 13.2. The molecule has 3 rings (SSSR count). The summed E-state index contributed by atoms with van der Waals surface area (Å²) in [5.41, 5.74) is 0.706. The number of para-hydroxylation sites is 1. The number of rotatable bonds is 8. The standard InChI is InChI=1S/C19H21N3O3S2/c1-2-3-13-20-18(23)14-22(27(24,25)15-9-5-4-6-10-15)19-21-16-11-7-8-12-17(16)26-19/h4-12H,2-3,13-14H2,1H3,(H,20,23). The van der Waals surface area contributed by atoms with Gasteiger partial charge in [0.1, 0.15) is 6.54 Å². The van der Waals surface area contributed by atoms with Gasteiger partial charge < -0.3 is 5.32 Å². The Morgan fingerprint density at radius 2 is 1.81 bits per heavy atom. The van der Waals surface area contributed by atoms with E-state index in [2.05, 4.69) is 10.3 Å². The number of benzene rings is 2. The molecule has 1 aromatic heterocycles. The molecule has 8 heteroatoms. The van der Waals surface area contributed by atoms with Crippen LogP contribution in [0.15, 0.2) is 59.5 Å². The summed E-state index contributed by atoms with van der Waals surface area (Å²) < 4.78 is 28.3. The number of fused-ring (bicyclic) bond motifs is 1. The molecule has 0 fully saturated rings. The second kappa shape index (κ2) is 8.49. The lowest BCUT2D eigenvalue weighted by Crippen LogP contribution is -2.41. The van der Waals surface area contributed by atoms with Crippen LogP contribution in [0.5, 0.6) is 0 Å². The Hall–Kier alpha value is -2.45. The van der Waals surface area contributed by atoms with Crippen molar-refractivity contribution in [2.24, 2.45) is 0 Å². The molecular weight excluding hydrogens is 382 g/mol. The van der Waals surface area contributed by atoms with E-state index in [1.165, 1.54) is 23.5 Å². The zero-order valence-corrected chi connectivity index (χ0v) is 16.6. The van der Waals surface area contributed by atoms with Gasteiger partial charge in [-0.2, -0.15) is 0 Å². The maximum Gasteiger partial charge on any atom is 0.266 e. The number of hydrogen-bond donors (Lipinski definition) is 1. The first-order valence-corrected chi connectivity index (χ1v) is 11.0. The molecule has 0 radical (unpaired) electrons. The second-order valence-corrected chi connectivity index (χ2v) is 8.86. The van der Waals surface area contributed by atoms with E-state index < -0.39 is 10.0 Å². The normalized spacial score (nSPS) is 11.4. The highest BCUT2D eigenvalue weighted by atomic mass is 32.2. The van der Waals surface area contributed by atoms with Gasteiger partial charge in [0.2, 0.25) is 11.0 Å². The Morgan fingerprint density at radius 3 is 2.52 bits per heavy atom. The number of sulfonamides is 1. The first-order chi connectivity index (χ1) is 13.0. The van der Waals surface area contributed by atoms with Crippen LogP contribution in [0.2, 0.25) is 0 Å². The number of nitrogens with zero attached hydrogens (tertiary/aromatic N) is 2. The van der Waals surface area contributed by atoms with Crippen molar-refractivity contribution in [3.63, 3.8) is 0 Å². The fourth-order valence-corrected chi connectivity index (χ4v) is 5.10. The van der Waals surface area contributed by atoms with Crippen LogP contribution in [-0.2, 0) is 14.8 Å². The third-order valence-corrected chi connectivity index (χ3v) is 6.89. The van der Waals surface area contributed by atoms with E-state index in [0.717, 1.165) is 21.8 Å². The second-order valence-electron chi connectivity index (χ2n) is 5.99. The van der Waals surface area contributed by atoms with Gasteiger partial charge in [0.25, 0.3) is 10.0 Å². The molecule has 1 amide bonds. The van der Waals surface area contributed by atoms with Crippen molar-refractivity contribution in [3.05, 3.63) is 54.6 Å². The molecule has 0 aliphatic carbocycles. The molecule has 0 saturated heterocycles. The van der Waals surface area contributed by atoms with E-state index in [1.54, 1.807) is 18.2 Å². The van der Waals surface area contributed by atoms with E-state index >= 15 is 0 Å². The van der Waals surface area contributed by atoms with Crippen molar-refractivity contribution < 1.29 is 13.2 Å². The number of amides is 1. The summed E-state index contributed by atoms with van der Waals surface area (Å²) in [5.74, 6) is -0.345. The number of carbonyl (C=O) groups is 1. The van der Waals surface area contributed by atoms with E-state index in [9.17, 15) is 13.2 Å². The molecule has 1 heterocycles. The van der Waals surface area contributed by atoms with Crippen molar-refractivity contribution in [1.82, 2.24) is 10.3 Å². The predicted molar refractivity (Wildman–Crippen MR) is 109 cm³/mol. The summed E-state index contributed by atoms with van der Waals surface area (Å²) in [5, 5.41) is 3.06. The summed E-state index contributed by atoms with van der Waals surface area (Å²) in [7, 11) is -3.91. The number of nitrogens with one attached hydrogen (secondary N) is 1. The first kappa shape index (κ1) is 19.3. The Labute approximate surface area is 162 Å². The molecule has 0 aliphatic rings. The molecule has 0 bridgehead atoms. The predicted octanol–water partition coefficient (Wildman–Crippen LogP) is 3.41. The molecule has 6 nitrogen and oxygen atoms in total. The highest BCUT2D eigenvalue weighted by molar-refractivity contribution is 7.93. The van der Waals surface area contributed by atoms with Crippen LogP contribution in [0.3, 0.4) is 0 Å². The molecule has 0 unspecified atom stereocenters. The molecule has 0 saturated carbocycles. The smallest absolute Gasteiger partial charge is 0.266 e. The van der Waals surface area contributed by atoms with Gasteiger partial charge in [0, 0.05) is 6.54 Å². The van der Waals surface area contributed by atoms with E-state index in [-0.39, 0.29) is 22.5 Å². The van der Waals surface area contributed by atoms with Crippen LogP contribution in [0.4, 0.5) is 5.13 Å². The molecule has 2 aromatic carbocycles. The summed E-state index contributed by atoms with van der Waals surface area (Å²) in [6, 6.07) is 15.5. The highest BCUT2D eigenvalue weighted by Gasteiger charge is 2.29. The third-order valence-electron chi connectivity index (χ3n) is 3.97. The summed E-state index contributed by atoms with van der Waals surface area (Å²) in [4.78, 5) is 16.9. The monoisotopic (exact) mass is 403 g/mol. The van der Waals surface area contributed by atoms with Crippen LogP contribution in [0.25, 0.3) is 10.2 Å². The van der Waals surface area contributed by atoms with E-state index in [1.807, 2.05) is 31.2 Å². The zero-order valence-electron chi connectivity index (χ0n) is 15.0. The molecule has 0 atom stereocenters. The van der Waals surface area contributed by atoms with Crippen molar-refractivity contribution >= 4 is 42.6 Å². The highest BCUT2D eigenvalue weighted by Crippen LogP contribution is 2.31. The Morgan fingerprint density at radius 1 is 1.11 bits per heavy atom. The number of unbranched alkanes of at least 4 members (excludes halogenated alkanes) is 1. The molecule has 1 N–H and O–H groups in total. The third kappa shape index (κ3) is 4.45. The van der Waals surface area contributed by atoms with Gasteiger partial charge in [-0.05, 0) is 30.7 Å². The fraction of sp³-hybridized carbons (Fsp3) is 0.263. The van der Waals surface area contributed by atoms with Gasteiger partial charge in [-0.1, -0.05) is 55.0 Å². The number of carbonyl (C=O) groups excluding carboxylic acids is 1. The van der Waals surface area contributed by atoms with Crippen molar-refractivity contribution in [3.8, 4) is 0 Å². The van der Waals surface area contributed by atoms with Gasteiger partial charge in [0.15, 0.2) is 0 Å². The van der Waals surface area contributed by atoms with Crippen LogP contribution in [-0.4, -0.2) is 32.4 Å². The van der Waals surface area contributed by atoms with Gasteiger partial charge in [-0.25, -0.2) is 17.7 Å². The summed E-state index contributed by atoms with van der Waals surface area (Å²) in [6.45, 7) is 2.24. The van der Waals surface area contributed by atoms with Gasteiger partial charge >= 0.3 is 0 Å². The van der Waals surface area contributed by atoms with Crippen molar-refractivity contribution in [1.29, 1.82) is 0 Å². The van der Waals surface area contributed by atoms with E-state index in [0.29, 0.717) is 12.1 Å². The van der Waals surface area contributed by atoms with Crippen molar-refractivity contribution in [2.45, 2.75) is 24.7 Å². The number of aromatic nitrogens is 1. The SMILES string of the molecule is CCCCNC(=O)CN(c1nc2ccccc2s1)S(=O)(=O)c1ccccc1. The summed E-state index contributed by atoms with van der Waals surface area (Å²) in [6.07, 6.45) is 1.79. The Kier molecular flexibility index (Phi) is 6.08. The number of anilines is 1. The zero-order chi connectivity index (χ0) is 19.3. The molecule has 0 aliphatic heterocycles. The minimum Gasteiger partial charge on any atom is -0.355 e. The Bertz CT molecular complexity index is 984. The lowest BCUT2D eigenvalue weighted by Gasteiger charge is -2.21. The minimum absolute atomic E-state index is 0.130. The lowest BCUT2D eigenvalue weighted by molar-refractivity contribution is -0.119. The van der Waals surface area contributed by atoms with Crippen LogP contribution >= 0.6 is 11.3 Å². The molecular formula is C19H21N3O3S2. The minimum atomic E-state index is -3.91. The van der Waals surface area contributed by atoms with Crippen LogP contribution in [0, 0.1) is 0 Å². The largest absolute Gasteiger partial charge is 0.355 e. The number of thiazole rings is 1.